The van der Waals surface area contributed by atoms with Crippen LogP contribution in [0.4, 0.5) is 0 Å². The molecule has 0 fully saturated rings. The molecule has 0 bridgehead atoms. The number of cyclic esters (lactones) is 1. The second-order valence-electron chi connectivity index (χ2n) is 8.34. The molecular weight excluding hydrogens is 466 g/mol. The molecular formula is C28H28ClNO5. The highest BCUT2D eigenvalue weighted by Gasteiger charge is 2.19. The van der Waals surface area contributed by atoms with Crippen molar-refractivity contribution in [3.05, 3.63) is 102 Å². The number of quaternary nitrogens is 1. The first-order valence-electron chi connectivity index (χ1n) is 11.3. The Morgan fingerprint density at radius 3 is 2.23 bits per heavy atom. The number of Topliss-reactive ketones (excluding diaryl/α,β-unsaturated/α-hetero) is 1. The minimum atomic E-state index is -0.576. The summed E-state index contributed by atoms with van der Waals surface area (Å²) in [7, 11) is 0. The molecule has 0 radical (unpaired) electrons. The van der Waals surface area contributed by atoms with Crippen LogP contribution in [0.5, 0.6) is 11.5 Å². The van der Waals surface area contributed by atoms with Gasteiger partial charge in [0.1, 0.15) is 30.3 Å². The minimum absolute atomic E-state index is 0. The molecule has 3 aromatic carbocycles. The van der Waals surface area contributed by atoms with Gasteiger partial charge in [0.05, 0.1) is 13.0 Å². The van der Waals surface area contributed by atoms with Gasteiger partial charge in [-0.2, -0.15) is 0 Å². The zero-order valence-corrected chi connectivity index (χ0v) is 20.2. The van der Waals surface area contributed by atoms with Crippen LogP contribution in [-0.2, 0) is 9.53 Å². The lowest BCUT2D eigenvalue weighted by atomic mass is 10.0. The highest BCUT2D eigenvalue weighted by atomic mass is 35.5. The molecule has 0 aromatic heterocycles. The average molecular weight is 494 g/mol. The summed E-state index contributed by atoms with van der Waals surface area (Å²) in [4.78, 5) is 23.8. The van der Waals surface area contributed by atoms with Crippen LogP contribution in [-0.4, -0.2) is 36.1 Å². The number of aliphatic hydroxyl groups excluding tert-OH is 1. The van der Waals surface area contributed by atoms with E-state index in [4.69, 9.17) is 9.47 Å². The molecule has 3 aromatic rings. The molecule has 0 amide bonds. The van der Waals surface area contributed by atoms with E-state index < -0.39 is 6.10 Å². The van der Waals surface area contributed by atoms with Gasteiger partial charge < -0.3 is 32.3 Å². The fraction of sp³-hybridized carbons (Fsp3) is 0.214. The number of carbonyl (C=O) groups is 2. The van der Waals surface area contributed by atoms with E-state index >= 15 is 0 Å². The van der Waals surface area contributed by atoms with Gasteiger partial charge in [-0.15, -0.1) is 0 Å². The lowest BCUT2D eigenvalue weighted by Gasteiger charge is -2.17. The van der Waals surface area contributed by atoms with Gasteiger partial charge in [0.15, 0.2) is 5.78 Å². The van der Waals surface area contributed by atoms with Crippen molar-refractivity contribution in [1.82, 2.24) is 0 Å². The highest BCUT2D eigenvalue weighted by Crippen LogP contribution is 2.26. The van der Waals surface area contributed by atoms with Crippen molar-refractivity contribution in [2.75, 3.05) is 13.2 Å². The maximum atomic E-state index is 12.6. The van der Waals surface area contributed by atoms with Gasteiger partial charge in [0.25, 0.3) is 0 Å². The molecule has 35 heavy (non-hydrogen) atoms. The minimum Gasteiger partial charge on any atom is -1.00 e. The van der Waals surface area contributed by atoms with Gasteiger partial charge in [0.2, 0.25) is 0 Å². The van der Waals surface area contributed by atoms with Crippen molar-refractivity contribution < 1.29 is 41.9 Å². The Balaban J connectivity index is 0.00000342. The predicted octanol–water partition coefficient (Wildman–Crippen LogP) is 0.681. The quantitative estimate of drug-likeness (QED) is 0.320. The van der Waals surface area contributed by atoms with E-state index in [0.29, 0.717) is 36.6 Å². The first-order chi connectivity index (χ1) is 16.5. The van der Waals surface area contributed by atoms with Crippen LogP contribution in [0, 0.1) is 0 Å². The first kappa shape index (κ1) is 26.2. The second kappa shape index (κ2) is 12.3. The van der Waals surface area contributed by atoms with Gasteiger partial charge in [-0.3, -0.25) is 4.79 Å². The fourth-order valence-electron chi connectivity index (χ4n) is 3.83. The second-order valence-corrected chi connectivity index (χ2v) is 8.34. The van der Waals surface area contributed by atoms with E-state index in [1.54, 1.807) is 24.3 Å². The van der Waals surface area contributed by atoms with E-state index in [2.05, 4.69) is 0 Å². The molecule has 2 unspecified atom stereocenters. The summed E-state index contributed by atoms with van der Waals surface area (Å²) in [6.07, 6.45) is 1.30. The molecule has 7 heteroatoms. The number of nitrogens with two attached hydrogens (primary N) is 1. The summed E-state index contributed by atoms with van der Waals surface area (Å²) < 4.78 is 10.8. The van der Waals surface area contributed by atoms with Crippen LogP contribution in [0.15, 0.2) is 84.9 Å². The monoisotopic (exact) mass is 493 g/mol. The molecule has 2 atom stereocenters. The number of ether oxygens (including phenoxy) is 2. The van der Waals surface area contributed by atoms with Gasteiger partial charge >= 0.3 is 5.97 Å². The molecule has 182 valence electrons. The highest BCUT2D eigenvalue weighted by molar-refractivity contribution is 5.96. The number of aliphatic hydroxyl groups is 1. The smallest absolute Gasteiger partial charge is 0.331 e. The number of hydrogen-bond donors (Lipinski definition) is 2. The maximum Gasteiger partial charge on any atom is 0.331 e. The molecule has 1 heterocycles. The van der Waals surface area contributed by atoms with Crippen LogP contribution < -0.4 is 22.5 Å². The van der Waals surface area contributed by atoms with Gasteiger partial charge in [-0.25, -0.2) is 4.79 Å². The first-order valence-corrected chi connectivity index (χ1v) is 11.3. The normalized spacial score (nSPS) is 14.3. The van der Waals surface area contributed by atoms with Crippen LogP contribution in [0.25, 0.3) is 5.57 Å². The summed E-state index contributed by atoms with van der Waals surface area (Å²) >= 11 is 0. The summed E-state index contributed by atoms with van der Waals surface area (Å²) in [5, 5.41) is 12.5. The maximum absolute atomic E-state index is 12.6. The molecule has 6 nitrogen and oxygen atoms in total. The van der Waals surface area contributed by atoms with E-state index in [0.717, 1.165) is 16.7 Å². The molecule has 0 saturated heterocycles. The topological polar surface area (TPSA) is 89.4 Å². The summed E-state index contributed by atoms with van der Waals surface area (Å²) in [6, 6.07) is 24.0. The third-order valence-electron chi connectivity index (χ3n) is 5.85. The Bertz CT molecular complexity index is 1160. The molecule has 0 aliphatic carbocycles. The van der Waals surface area contributed by atoms with Gasteiger partial charge in [-0.1, -0.05) is 42.5 Å². The standard InChI is InChI=1S/C28H27NO5.ClH/c1-19(28(32)22-5-3-2-4-6-22)29-16-15-26(30)21-9-13-25(14-10-21)34-24-11-7-20(8-12-24)23-17-27(31)33-18-23;/h2-14,17,19,28-29,32H,15-16,18H2,1H3;1H. The predicted molar refractivity (Wildman–Crippen MR) is 128 cm³/mol. The van der Waals surface area contributed by atoms with Crippen LogP contribution in [0.2, 0.25) is 0 Å². The van der Waals surface area contributed by atoms with E-state index in [-0.39, 0.29) is 30.2 Å². The SMILES string of the molecule is CC([NH2+]CCC(=O)c1ccc(Oc2ccc(C3=CC(=O)OC3)cc2)cc1)C(O)c1ccccc1.[Cl-]. The third-order valence-corrected chi connectivity index (χ3v) is 5.85. The van der Waals surface area contributed by atoms with Crippen molar-refractivity contribution in [2.45, 2.75) is 25.5 Å². The molecule has 0 spiro atoms. The lowest BCUT2D eigenvalue weighted by Crippen LogP contribution is -3.00. The van der Waals surface area contributed by atoms with Gasteiger partial charge in [-0.05, 0) is 54.4 Å². The van der Waals surface area contributed by atoms with Crippen molar-refractivity contribution in [2.24, 2.45) is 0 Å². The number of ketones is 1. The molecule has 1 aliphatic heterocycles. The molecule has 4 rings (SSSR count). The number of carbonyl (C=O) groups excluding carboxylic acids is 2. The van der Waals surface area contributed by atoms with Crippen LogP contribution in [0.1, 0.15) is 40.9 Å². The van der Waals surface area contributed by atoms with Crippen molar-refractivity contribution in [3.63, 3.8) is 0 Å². The zero-order chi connectivity index (χ0) is 23.9. The third kappa shape index (κ3) is 7.02. The molecule has 0 saturated carbocycles. The number of hydrogen-bond acceptors (Lipinski definition) is 5. The Morgan fingerprint density at radius 2 is 1.63 bits per heavy atom. The zero-order valence-electron chi connectivity index (χ0n) is 19.4. The number of rotatable bonds is 10. The summed E-state index contributed by atoms with van der Waals surface area (Å²) in [5.74, 6) is 1.03. The number of benzene rings is 3. The van der Waals surface area contributed by atoms with Crippen LogP contribution in [0.3, 0.4) is 0 Å². The fourth-order valence-corrected chi connectivity index (χ4v) is 3.83. The van der Waals surface area contributed by atoms with Crippen molar-refractivity contribution in [3.8, 4) is 11.5 Å². The van der Waals surface area contributed by atoms with Gasteiger partial charge in [0, 0.05) is 17.2 Å². The Labute approximate surface area is 211 Å². The Morgan fingerprint density at radius 1 is 1.00 bits per heavy atom. The lowest BCUT2D eigenvalue weighted by molar-refractivity contribution is -0.693. The van der Waals surface area contributed by atoms with Crippen molar-refractivity contribution in [1.29, 1.82) is 0 Å². The number of halogens is 1. The summed E-state index contributed by atoms with van der Waals surface area (Å²) in [5.41, 5.74) is 3.27. The summed E-state index contributed by atoms with van der Waals surface area (Å²) in [6.45, 7) is 2.85. The van der Waals surface area contributed by atoms with Crippen LogP contribution >= 0.6 is 0 Å². The van der Waals surface area contributed by atoms with Crippen molar-refractivity contribution >= 4 is 17.3 Å². The van der Waals surface area contributed by atoms with E-state index in [1.807, 2.05) is 66.8 Å². The Kier molecular flexibility index (Phi) is 9.20. The van der Waals surface area contributed by atoms with E-state index in [1.165, 1.54) is 6.08 Å². The Hall–Kier alpha value is -3.45. The average Bonchev–Trinajstić information content (AvgIpc) is 3.31. The largest absolute Gasteiger partial charge is 1.00 e. The molecule has 1 aliphatic rings. The van der Waals surface area contributed by atoms with E-state index in [9.17, 15) is 14.7 Å². The molecule has 3 N–H and O–H groups in total. The number of esters is 1.